The maximum Gasteiger partial charge on any atom is 0.0704 e. The van der Waals surface area contributed by atoms with E-state index in [0.717, 1.165) is 39.0 Å². The van der Waals surface area contributed by atoms with Crippen molar-refractivity contribution in [1.29, 1.82) is 0 Å². The van der Waals surface area contributed by atoms with Crippen LogP contribution in [0.1, 0.15) is 90.4 Å². The molecule has 0 aromatic rings. The molecule has 0 aromatic carbocycles. The first-order valence-corrected chi connectivity index (χ1v) is 22.2. The third-order valence-electron chi connectivity index (χ3n) is 8.85. The summed E-state index contributed by atoms with van der Waals surface area (Å²) in [6.07, 6.45) is 17.4. The van der Waals surface area contributed by atoms with Crippen molar-refractivity contribution in [3.8, 4) is 0 Å². The molecule has 0 amide bonds. The molecule has 1 aliphatic rings. The maximum absolute atomic E-state index is 5.80. The summed E-state index contributed by atoms with van der Waals surface area (Å²) >= 11 is 0. The Morgan fingerprint density at radius 3 is 0.804 bits per heavy atom. The predicted molar refractivity (Wildman–Crippen MR) is 218 cm³/mol. The van der Waals surface area contributed by atoms with Gasteiger partial charge >= 0.3 is 0 Å². The largest absolute Gasteiger partial charge is 0.379 e. The van der Waals surface area contributed by atoms with Gasteiger partial charge in [-0.15, -0.1) is 0 Å². The zero-order valence-corrected chi connectivity index (χ0v) is 35.7. The van der Waals surface area contributed by atoms with Gasteiger partial charge in [0, 0.05) is 6.61 Å². The monoisotopic (exact) mass is 812 g/mol. The van der Waals surface area contributed by atoms with Crippen molar-refractivity contribution >= 4 is 0 Å². The normalized spacial score (nSPS) is 13.7. The van der Waals surface area contributed by atoms with E-state index in [1.54, 1.807) is 0 Å². The maximum atomic E-state index is 5.80. The van der Waals surface area contributed by atoms with Gasteiger partial charge in [0.1, 0.15) is 0 Å². The van der Waals surface area contributed by atoms with Crippen LogP contribution in [-0.2, 0) is 61.6 Å². The van der Waals surface area contributed by atoms with E-state index in [9.17, 15) is 0 Å². The first-order chi connectivity index (χ1) is 27.9. The fraction of sp³-hybridized carbons (Fsp3) is 1.00. The van der Waals surface area contributed by atoms with Crippen LogP contribution in [0.25, 0.3) is 0 Å². The number of piperidine rings is 1. The number of nitrogens with one attached hydrogen (secondary N) is 1. The van der Waals surface area contributed by atoms with Gasteiger partial charge in [-0.3, -0.25) is 0 Å². The van der Waals surface area contributed by atoms with Crippen molar-refractivity contribution in [2.45, 2.75) is 96.5 Å². The van der Waals surface area contributed by atoms with Gasteiger partial charge in [0.15, 0.2) is 0 Å². The molecule has 1 saturated heterocycles. The zero-order chi connectivity index (χ0) is 39.8. The summed E-state index contributed by atoms with van der Waals surface area (Å²) in [7, 11) is 0. The highest BCUT2D eigenvalue weighted by Crippen LogP contribution is 2.11. The van der Waals surface area contributed by atoms with E-state index in [1.807, 2.05) is 0 Å². The minimum atomic E-state index is 0.372. The molecule has 0 atom stereocenters. The first-order valence-electron chi connectivity index (χ1n) is 22.2. The summed E-state index contributed by atoms with van der Waals surface area (Å²) in [5.74, 6) is 0. The average molecular weight is 812 g/mol. The third-order valence-corrected chi connectivity index (χ3v) is 8.85. The van der Waals surface area contributed by atoms with Gasteiger partial charge in [-0.25, -0.2) is 0 Å². The minimum Gasteiger partial charge on any atom is -0.379 e. The molecule has 0 aromatic heterocycles. The second-order valence-electron chi connectivity index (χ2n) is 13.7. The predicted octanol–water partition coefficient (Wildman–Crippen LogP) is 5.27. The standard InChI is InChI=1S/C42H85NO13/c1-2-3-4-5-6-7-8-9-10-11-12-17-44-18-19-45-20-21-46-22-23-47-24-25-48-26-27-49-28-29-50-30-31-51-32-33-52-34-35-53-36-37-54-38-39-55-40-41-56-42-13-15-43-16-14-42/h42-43H,2-41H2,1H3. The summed E-state index contributed by atoms with van der Waals surface area (Å²) in [5.41, 5.74) is 0. The number of rotatable bonds is 49. The SMILES string of the molecule is CCCCCCCCCCCCCOCCOCCOCCOCCOCCOCCOCCOCCOCCOCCOCCOCCOC1CCNCC1. The van der Waals surface area contributed by atoms with E-state index in [-0.39, 0.29) is 0 Å². The van der Waals surface area contributed by atoms with Crippen molar-refractivity contribution in [1.82, 2.24) is 5.32 Å². The molecule has 0 spiro atoms. The fourth-order valence-corrected chi connectivity index (χ4v) is 5.63. The van der Waals surface area contributed by atoms with Gasteiger partial charge in [0.2, 0.25) is 0 Å². The van der Waals surface area contributed by atoms with Gasteiger partial charge in [0.25, 0.3) is 0 Å². The van der Waals surface area contributed by atoms with Gasteiger partial charge in [-0.1, -0.05) is 71.1 Å². The summed E-state index contributed by atoms with van der Waals surface area (Å²) in [6.45, 7) is 18.4. The van der Waals surface area contributed by atoms with E-state index in [1.165, 1.54) is 64.2 Å². The van der Waals surface area contributed by atoms with E-state index in [0.29, 0.717) is 165 Å². The molecule has 1 N–H and O–H groups in total. The molecule has 0 unspecified atom stereocenters. The van der Waals surface area contributed by atoms with Crippen LogP contribution in [0.3, 0.4) is 0 Å². The van der Waals surface area contributed by atoms with Gasteiger partial charge in [-0.2, -0.15) is 0 Å². The molecule has 1 fully saturated rings. The molecule has 0 saturated carbocycles. The molecular weight excluding hydrogens is 726 g/mol. The lowest BCUT2D eigenvalue weighted by atomic mass is 10.1. The highest BCUT2D eigenvalue weighted by atomic mass is 16.6. The molecular formula is C42H85NO13. The molecule has 14 heteroatoms. The highest BCUT2D eigenvalue weighted by molar-refractivity contribution is 4.67. The molecule has 1 aliphatic heterocycles. The van der Waals surface area contributed by atoms with Crippen molar-refractivity contribution < 1.29 is 61.6 Å². The lowest BCUT2D eigenvalue weighted by molar-refractivity contribution is -0.0327. The third kappa shape index (κ3) is 44.5. The molecule has 1 heterocycles. The Morgan fingerprint density at radius 2 is 0.518 bits per heavy atom. The van der Waals surface area contributed by atoms with Gasteiger partial charge in [0.05, 0.1) is 165 Å². The Balaban J connectivity index is 1.59. The molecule has 0 aliphatic carbocycles. The van der Waals surface area contributed by atoms with Crippen LogP contribution in [-0.4, -0.2) is 184 Å². The van der Waals surface area contributed by atoms with Crippen molar-refractivity contribution in [2.75, 3.05) is 178 Å². The van der Waals surface area contributed by atoms with E-state index in [4.69, 9.17) is 61.6 Å². The van der Waals surface area contributed by atoms with Crippen molar-refractivity contribution in [3.63, 3.8) is 0 Å². The molecule has 1 rings (SSSR count). The van der Waals surface area contributed by atoms with Crippen LogP contribution >= 0.6 is 0 Å². The first kappa shape index (κ1) is 53.5. The topological polar surface area (TPSA) is 132 Å². The van der Waals surface area contributed by atoms with Crippen LogP contribution in [0.5, 0.6) is 0 Å². The minimum absolute atomic E-state index is 0.372. The smallest absolute Gasteiger partial charge is 0.0704 e. The summed E-state index contributed by atoms with van der Waals surface area (Å²) in [6, 6.07) is 0. The molecule has 0 bridgehead atoms. The number of hydrogen-bond donors (Lipinski definition) is 1. The molecule has 14 nitrogen and oxygen atoms in total. The van der Waals surface area contributed by atoms with Gasteiger partial charge < -0.3 is 66.9 Å². The van der Waals surface area contributed by atoms with Crippen LogP contribution in [0.4, 0.5) is 0 Å². The Labute approximate surface area is 341 Å². The number of unbranched alkanes of at least 4 members (excludes halogenated alkanes) is 10. The van der Waals surface area contributed by atoms with Crippen LogP contribution in [0.15, 0.2) is 0 Å². The Hall–Kier alpha value is -0.560. The van der Waals surface area contributed by atoms with Crippen molar-refractivity contribution in [2.24, 2.45) is 0 Å². The summed E-state index contributed by atoms with van der Waals surface area (Å²) in [4.78, 5) is 0. The number of ether oxygens (including phenoxy) is 13. The molecule has 336 valence electrons. The van der Waals surface area contributed by atoms with Crippen LogP contribution < -0.4 is 5.32 Å². The second kappa shape index (κ2) is 48.8. The Kier molecular flexibility index (Phi) is 46.6. The molecule has 56 heavy (non-hydrogen) atoms. The Morgan fingerprint density at radius 1 is 0.286 bits per heavy atom. The zero-order valence-electron chi connectivity index (χ0n) is 35.7. The highest BCUT2D eigenvalue weighted by Gasteiger charge is 2.12. The summed E-state index contributed by atoms with van der Waals surface area (Å²) < 4.78 is 72.2. The average Bonchev–Trinajstić information content (AvgIpc) is 3.22. The lowest BCUT2D eigenvalue weighted by Crippen LogP contribution is -2.33. The van der Waals surface area contributed by atoms with Gasteiger partial charge in [-0.05, 0) is 32.4 Å². The van der Waals surface area contributed by atoms with E-state index >= 15 is 0 Å². The van der Waals surface area contributed by atoms with E-state index in [2.05, 4.69) is 12.2 Å². The van der Waals surface area contributed by atoms with Crippen LogP contribution in [0, 0.1) is 0 Å². The molecule has 0 radical (unpaired) electrons. The quantitative estimate of drug-likeness (QED) is 0.0801. The van der Waals surface area contributed by atoms with Crippen molar-refractivity contribution in [3.05, 3.63) is 0 Å². The second-order valence-corrected chi connectivity index (χ2v) is 13.7. The fourth-order valence-electron chi connectivity index (χ4n) is 5.63. The summed E-state index contributed by atoms with van der Waals surface area (Å²) in [5, 5.41) is 3.33. The Bertz CT molecular complexity index is 710. The lowest BCUT2D eigenvalue weighted by Gasteiger charge is -2.22. The van der Waals surface area contributed by atoms with Crippen LogP contribution in [0.2, 0.25) is 0 Å². The van der Waals surface area contributed by atoms with E-state index < -0.39 is 0 Å². The number of hydrogen-bond acceptors (Lipinski definition) is 14.